The lowest BCUT2D eigenvalue weighted by molar-refractivity contribution is -0.890. The molecule has 2 aromatic carbocycles. The smallest absolute Gasteiger partial charge is 0.416 e. The second-order valence-electron chi connectivity index (χ2n) is 8.60. The fourth-order valence-electron chi connectivity index (χ4n) is 3.45. The van der Waals surface area contributed by atoms with Gasteiger partial charge in [-0.3, -0.25) is 0 Å². The van der Waals surface area contributed by atoms with E-state index in [0.717, 1.165) is 33.9 Å². The molecule has 2 amide bonds. The van der Waals surface area contributed by atoms with Gasteiger partial charge in [0.05, 0.1) is 44.2 Å². The van der Waals surface area contributed by atoms with E-state index in [1.165, 1.54) is 12.1 Å². The highest BCUT2D eigenvalue weighted by Crippen LogP contribution is 2.36. The van der Waals surface area contributed by atoms with Gasteiger partial charge in [-0.05, 0) is 30.3 Å². The Hall–Kier alpha value is -1.93. The van der Waals surface area contributed by atoms with Crippen LogP contribution < -0.4 is 34.2 Å². The number of hydrogen-bond acceptors (Lipinski definition) is 4. The molecule has 0 aliphatic heterocycles. The van der Waals surface area contributed by atoms with E-state index in [1.54, 1.807) is 23.6 Å². The molecule has 2 N–H and O–H groups in total. The Kier molecular flexibility index (Phi) is 11.0. The summed E-state index contributed by atoms with van der Waals surface area (Å²) < 4.78 is 40.7. The Labute approximate surface area is 234 Å². The van der Waals surface area contributed by atoms with Crippen LogP contribution in [-0.4, -0.2) is 60.9 Å². The maximum absolute atomic E-state index is 13.4. The highest BCUT2D eigenvalue weighted by Gasteiger charge is 2.32. The van der Waals surface area contributed by atoms with Gasteiger partial charge in [0.15, 0.2) is 5.13 Å². The quantitative estimate of drug-likeness (QED) is 0.212. The summed E-state index contributed by atoms with van der Waals surface area (Å²) in [5.41, 5.74) is 0.483. The van der Waals surface area contributed by atoms with Gasteiger partial charge in [0.1, 0.15) is 6.54 Å². The van der Waals surface area contributed by atoms with E-state index < -0.39 is 17.8 Å². The summed E-state index contributed by atoms with van der Waals surface area (Å²) in [6.45, 7) is 1.66. The van der Waals surface area contributed by atoms with Crippen molar-refractivity contribution in [3.05, 3.63) is 64.5 Å². The van der Waals surface area contributed by atoms with Gasteiger partial charge in [-0.2, -0.15) is 13.2 Å². The first-order valence-electron chi connectivity index (χ1n) is 10.9. The zero-order valence-corrected chi connectivity index (χ0v) is 23.5. The van der Waals surface area contributed by atoms with E-state index in [0.29, 0.717) is 41.3 Å². The zero-order valence-electron chi connectivity index (χ0n) is 19.7. The number of aliphatic hydroxyl groups excluding tert-OH is 1. The summed E-state index contributed by atoms with van der Waals surface area (Å²) in [5.74, 6) is 0. The summed E-state index contributed by atoms with van der Waals surface area (Å²) in [7, 11) is 3.94. The molecule has 0 unspecified atom stereocenters. The Bertz CT molecular complexity index is 1160. The SMILES string of the molecule is C[N+](C)(CCO)CCCNC(=O)N(c1cccc(C(F)(F)F)c1)c1nc(-c2cccc(Cl)c2)cs1.[I-]. The van der Waals surface area contributed by atoms with Crippen molar-refractivity contribution in [2.24, 2.45) is 0 Å². The maximum Gasteiger partial charge on any atom is 0.416 e. The molecule has 3 aromatic rings. The molecule has 0 saturated carbocycles. The van der Waals surface area contributed by atoms with Crippen LogP contribution in [0.1, 0.15) is 12.0 Å². The third kappa shape index (κ3) is 8.30. The zero-order chi connectivity index (χ0) is 25.6. The number of rotatable bonds is 9. The molecule has 0 saturated heterocycles. The van der Waals surface area contributed by atoms with Crippen molar-refractivity contribution < 1.29 is 51.5 Å². The number of quaternary nitrogens is 1. The molecule has 0 atom stereocenters. The molecule has 1 heterocycles. The van der Waals surface area contributed by atoms with Crippen LogP contribution in [0, 0.1) is 0 Å². The lowest BCUT2D eigenvalue weighted by atomic mass is 10.2. The molecule has 12 heteroatoms. The largest absolute Gasteiger partial charge is 1.00 e. The van der Waals surface area contributed by atoms with Crippen molar-refractivity contribution >= 4 is 39.8 Å². The first-order valence-corrected chi connectivity index (χ1v) is 12.2. The third-order valence-electron chi connectivity index (χ3n) is 5.36. The number of urea groups is 1. The number of likely N-dealkylation sites (N-methyl/N-ethyl adjacent to an activating group) is 1. The van der Waals surface area contributed by atoms with E-state index in [2.05, 4.69) is 10.3 Å². The van der Waals surface area contributed by atoms with Crippen LogP contribution in [0.25, 0.3) is 11.3 Å². The van der Waals surface area contributed by atoms with Crippen LogP contribution in [0.2, 0.25) is 5.02 Å². The molecule has 3 rings (SSSR count). The summed E-state index contributed by atoms with van der Waals surface area (Å²) in [5, 5.41) is 14.4. The van der Waals surface area contributed by atoms with Crippen molar-refractivity contribution in [2.45, 2.75) is 12.6 Å². The molecule has 36 heavy (non-hydrogen) atoms. The van der Waals surface area contributed by atoms with Crippen molar-refractivity contribution in [3.63, 3.8) is 0 Å². The molecule has 0 radical (unpaired) electrons. The van der Waals surface area contributed by atoms with Gasteiger partial charge < -0.3 is 38.9 Å². The van der Waals surface area contributed by atoms with E-state index in [9.17, 15) is 18.0 Å². The number of alkyl halides is 3. The highest BCUT2D eigenvalue weighted by molar-refractivity contribution is 7.14. The Balaban J connectivity index is 0.00000456. The Morgan fingerprint density at radius 3 is 2.56 bits per heavy atom. The third-order valence-corrected chi connectivity index (χ3v) is 6.42. The first-order chi connectivity index (χ1) is 16.5. The van der Waals surface area contributed by atoms with Crippen LogP contribution in [0.5, 0.6) is 0 Å². The maximum atomic E-state index is 13.4. The molecule has 0 bridgehead atoms. The number of benzene rings is 2. The molecule has 1 aromatic heterocycles. The summed E-state index contributed by atoms with van der Waals surface area (Å²) in [4.78, 5) is 18.9. The molecule has 196 valence electrons. The number of nitrogens with zero attached hydrogens (tertiary/aromatic N) is 3. The van der Waals surface area contributed by atoms with Gasteiger partial charge in [0, 0.05) is 28.9 Å². The first kappa shape index (κ1) is 30.3. The summed E-state index contributed by atoms with van der Waals surface area (Å²) in [6, 6.07) is 11.0. The van der Waals surface area contributed by atoms with Gasteiger partial charge in [-0.15, -0.1) is 11.3 Å². The topological polar surface area (TPSA) is 65.5 Å². The highest BCUT2D eigenvalue weighted by atomic mass is 127. The molecule has 0 aliphatic carbocycles. The monoisotopic (exact) mass is 654 g/mol. The fourth-order valence-corrected chi connectivity index (χ4v) is 4.49. The van der Waals surface area contributed by atoms with Gasteiger partial charge in [-0.1, -0.05) is 29.8 Å². The molecular formula is C24H27ClF3IN4O2S. The summed E-state index contributed by atoms with van der Waals surface area (Å²) in [6.07, 6.45) is -3.93. The van der Waals surface area contributed by atoms with Gasteiger partial charge in [-0.25, -0.2) is 14.7 Å². The minimum absolute atomic E-state index is 0. The Morgan fingerprint density at radius 2 is 1.89 bits per heavy atom. The lowest BCUT2D eigenvalue weighted by Crippen LogP contribution is -3.00. The van der Waals surface area contributed by atoms with Gasteiger partial charge in [0.2, 0.25) is 0 Å². The van der Waals surface area contributed by atoms with E-state index in [4.69, 9.17) is 16.7 Å². The number of hydrogen-bond donors (Lipinski definition) is 2. The minimum Gasteiger partial charge on any atom is -1.00 e. The van der Waals surface area contributed by atoms with Crippen molar-refractivity contribution in [3.8, 4) is 11.3 Å². The standard InChI is InChI=1S/C24H26ClF3N4O2S.HI/c1-32(2,12-13-33)11-5-10-29-22(34)31(20-9-4-7-18(15-20)24(26,27)28)23-30-21(16-35-23)17-6-3-8-19(25)14-17;/h3-4,6-9,14-16,33H,5,10-13H2,1-2H3;1H. The second-order valence-corrected chi connectivity index (χ2v) is 9.87. The Morgan fingerprint density at radius 1 is 1.17 bits per heavy atom. The van der Waals surface area contributed by atoms with Crippen LogP contribution >= 0.6 is 22.9 Å². The average molecular weight is 655 g/mol. The number of carbonyl (C=O) groups is 1. The lowest BCUT2D eigenvalue weighted by Gasteiger charge is -2.29. The number of amides is 2. The number of carbonyl (C=O) groups excluding carboxylic acids is 1. The normalized spacial score (nSPS) is 11.6. The number of nitrogens with one attached hydrogen (secondary N) is 1. The fraction of sp³-hybridized carbons (Fsp3) is 0.333. The van der Waals surface area contributed by atoms with Crippen LogP contribution in [0.4, 0.5) is 28.8 Å². The van der Waals surface area contributed by atoms with E-state index in [1.807, 2.05) is 20.2 Å². The summed E-state index contributed by atoms with van der Waals surface area (Å²) >= 11 is 7.22. The number of halogens is 5. The van der Waals surface area contributed by atoms with Crippen molar-refractivity contribution in [2.75, 3.05) is 45.2 Å². The molecule has 0 fully saturated rings. The number of aromatic nitrogens is 1. The van der Waals surface area contributed by atoms with Gasteiger partial charge >= 0.3 is 12.2 Å². The van der Waals surface area contributed by atoms with Gasteiger partial charge in [0.25, 0.3) is 0 Å². The van der Waals surface area contributed by atoms with Crippen LogP contribution in [0.15, 0.2) is 53.9 Å². The number of anilines is 2. The van der Waals surface area contributed by atoms with E-state index >= 15 is 0 Å². The van der Waals surface area contributed by atoms with Crippen molar-refractivity contribution in [1.82, 2.24) is 10.3 Å². The molecule has 0 aliphatic rings. The molecular weight excluding hydrogens is 628 g/mol. The number of thiazole rings is 1. The minimum atomic E-state index is -4.55. The van der Waals surface area contributed by atoms with Crippen molar-refractivity contribution in [1.29, 1.82) is 0 Å². The van der Waals surface area contributed by atoms with Crippen LogP contribution in [-0.2, 0) is 6.18 Å². The number of aliphatic hydroxyl groups is 1. The molecule has 0 spiro atoms. The van der Waals surface area contributed by atoms with Crippen LogP contribution in [0.3, 0.4) is 0 Å². The average Bonchev–Trinajstić information content (AvgIpc) is 3.26. The predicted molar refractivity (Wildman–Crippen MR) is 133 cm³/mol. The van der Waals surface area contributed by atoms with E-state index in [-0.39, 0.29) is 41.4 Å². The second kappa shape index (κ2) is 13.0. The predicted octanol–water partition coefficient (Wildman–Crippen LogP) is 2.79. The molecule has 6 nitrogen and oxygen atoms in total.